The standard InChI is InChI=1S/C17H16N2O3S/c1-22-13-9-10-17(15(18)11-13)23(20,21)19-16-8-4-6-12-5-2-3-7-14(12)16/h2-11,19H,18H2,1H3. The summed E-state index contributed by atoms with van der Waals surface area (Å²) in [5.41, 5.74) is 6.50. The van der Waals surface area contributed by atoms with Crippen LogP contribution in [0.25, 0.3) is 10.8 Å². The number of nitrogen functional groups attached to an aromatic ring is 1. The Balaban J connectivity index is 2.04. The Bertz CT molecular complexity index is 963. The van der Waals surface area contributed by atoms with Crippen molar-refractivity contribution in [2.24, 2.45) is 0 Å². The van der Waals surface area contributed by atoms with E-state index in [1.165, 1.54) is 19.2 Å². The molecule has 0 fully saturated rings. The molecule has 0 aliphatic carbocycles. The molecular weight excluding hydrogens is 312 g/mol. The summed E-state index contributed by atoms with van der Waals surface area (Å²) in [6.07, 6.45) is 0. The van der Waals surface area contributed by atoms with Crippen molar-refractivity contribution in [2.75, 3.05) is 17.6 Å². The second-order valence-electron chi connectivity index (χ2n) is 5.04. The summed E-state index contributed by atoms with van der Waals surface area (Å²) in [5, 5.41) is 1.78. The van der Waals surface area contributed by atoms with Crippen molar-refractivity contribution in [3.05, 3.63) is 60.7 Å². The van der Waals surface area contributed by atoms with Crippen LogP contribution in [0, 0.1) is 0 Å². The molecule has 0 bridgehead atoms. The highest BCUT2D eigenvalue weighted by Crippen LogP contribution is 2.28. The van der Waals surface area contributed by atoms with Crippen LogP contribution in [-0.4, -0.2) is 15.5 Å². The molecule has 0 unspecified atom stereocenters. The van der Waals surface area contributed by atoms with Gasteiger partial charge >= 0.3 is 0 Å². The molecule has 0 radical (unpaired) electrons. The Morgan fingerprint density at radius 3 is 2.48 bits per heavy atom. The Labute approximate surface area is 134 Å². The topological polar surface area (TPSA) is 81.4 Å². The predicted octanol–water partition coefficient (Wildman–Crippen LogP) is 3.23. The number of fused-ring (bicyclic) bond motifs is 1. The zero-order chi connectivity index (χ0) is 16.4. The third kappa shape index (κ3) is 2.93. The van der Waals surface area contributed by atoms with E-state index in [-0.39, 0.29) is 10.6 Å². The SMILES string of the molecule is COc1ccc(S(=O)(=O)Nc2cccc3ccccc23)c(N)c1. The summed E-state index contributed by atoms with van der Waals surface area (Å²) in [6, 6.07) is 17.5. The number of benzene rings is 3. The van der Waals surface area contributed by atoms with E-state index in [9.17, 15) is 8.42 Å². The number of nitrogens with two attached hydrogens (primary N) is 1. The lowest BCUT2D eigenvalue weighted by molar-refractivity contribution is 0.414. The van der Waals surface area contributed by atoms with Gasteiger partial charge in [-0.1, -0.05) is 36.4 Å². The van der Waals surface area contributed by atoms with Crippen LogP contribution >= 0.6 is 0 Å². The fraction of sp³-hybridized carbons (Fsp3) is 0.0588. The minimum Gasteiger partial charge on any atom is -0.497 e. The van der Waals surface area contributed by atoms with E-state index in [4.69, 9.17) is 10.5 Å². The van der Waals surface area contributed by atoms with Crippen LogP contribution in [0.4, 0.5) is 11.4 Å². The summed E-state index contributed by atoms with van der Waals surface area (Å²) >= 11 is 0. The molecule has 23 heavy (non-hydrogen) atoms. The van der Waals surface area contributed by atoms with Crippen LogP contribution in [0.15, 0.2) is 65.6 Å². The number of sulfonamides is 1. The summed E-state index contributed by atoms with van der Waals surface area (Å²) in [7, 11) is -2.29. The normalized spacial score (nSPS) is 11.3. The molecule has 0 saturated carbocycles. The van der Waals surface area contributed by atoms with Gasteiger partial charge in [0, 0.05) is 11.5 Å². The highest BCUT2D eigenvalue weighted by Gasteiger charge is 2.19. The van der Waals surface area contributed by atoms with Gasteiger partial charge in [-0.3, -0.25) is 4.72 Å². The summed E-state index contributed by atoms with van der Waals surface area (Å²) in [6.45, 7) is 0. The number of hydrogen-bond donors (Lipinski definition) is 2. The second kappa shape index (κ2) is 5.81. The molecule has 3 aromatic rings. The fourth-order valence-electron chi connectivity index (χ4n) is 2.41. The minimum absolute atomic E-state index is 0.0197. The molecular formula is C17H16N2O3S. The summed E-state index contributed by atoms with van der Waals surface area (Å²) in [5.74, 6) is 0.506. The second-order valence-corrected chi connectivity index (χ2v) is 6.69. The number of ether oxygens (including phenoxy) is 1. The zero-order valence-electron chi connectivity index (χ0n) is 12.5. The van der Waals surface area contributed by atoms with E-state index in [0.717, 1.165) is 10.8 Å². The van der Waals surface area contributed by atoms with Crippen LogP contribution < -0.4 is 15.2 Å². The van der Waals surface area contributed by atoms with Crippen LogP contribution in [0.1, 0.15) is 0 Å². The van der Waals surface area contributed by atoms with E-state index in [2.05, 4.69) is 4.72 Å². The van der Waals surface area contributed by atoms with Gasteiger partial charge in [0.25, 0.3) is 10.0 Å². The maximum Gasteiger partial charge on any atom is 0.263 e. The van der Waals surface area contributed by atoms with Crippen LogP contribution in [0.3, 0.4) is 0 Å². The molecule has 6 heteroatoms. The van der Waals surface area contributed by atoms with Crippen molar-refractivity contribution in [2.45, 2.75) is 4.90 Å². The molecule has 118 valence electrons. The quantitative estimate of drug-likeness (QED) is 0.721. The molecule has 0 amide bonds. The molecule has 0 saturated heterocycles. The molecule has 3 N–H and O–H groups in total. The van der Waals surface area contributed by atoms with E-state index >= 15 is 0 Å². The first kappa shape index (κ1) is 15.2. The third-order valence-corrected chi connectivity index (χ3v) is 4.98. The minimum atomic E-state index is -3.79. The van der Waals surface area contributed by atoms with Crippen molar-refractivity contribution in [3.63, 3.8) is 0 Å². The smallest absolute Gasteiger partial charge is 0.263 e. The molecule has 3 rings (SSSR count). The highest BCUT2D eigenvalue weighted by atomic mass is 32.2. The van der Waals surface area contributed by atoms with Gasteiger partial charge in [0.2, 0.25) is 0 Å². The van der Waals surface area contributed by atoms with Crippen LogP contribution in [-0.2, 0) is 10.0 Å². The van der Waals surface area contributed by atoms with Crippen LogP contribution in [0.2, 0.25) is 0 Å². The monoisotopic (exact) mass is 328 g/mol. The van der Waals surface area contributed by atoms with Crippen molar-refractivity contribution < 1.29 is 13.2 Å². The summed E-state index contributed by atoms with van der Waals surface area (Å²) in [4.78, 5) is 0.0197. The van der Waals surface area contributed by atoms with Gasteiger partial charge in [0.1, 0.15) is 10.6 Å². The van der Waals surface area contributed by atoms with Gasteiger partial charge in [-0.15, -0.1) is 0 Å². The molecule has 0 spiro atoms. The van der Waals surface area contributed by atoms with Gasteiger partial charge in [-0.2, -0.15) is 0 Å². The predicted molar refractivity (Wildman–Crippen MR) is 92.2 cm³/mol. The molecule has 0 atom stereocenters. The third-order valence-electron chi connectivity index (χ3n) is 3.54. The Kier molecular flexibility index (Phi) is 3.83. The van der Waals surface area contributed by atoms with Gasteiger partial charge in [-0.05, 0) is 23.6 Å². The molecule has 5 nitrogen and oxygen atoms in total. The first-order valence-corrected chi connectivity index (χ1v) is 8.44. The van der Waals surface area contributed by atoms with Gasteiger partial charge in [0.05, 0.1) is 18.5 Å². The number of nitrogens with one attached hydrogen (secondary N) is 1. The number of rotatable bonds is 4. The van der Waals surface area contributed by atoms with Gasteiger partial charge < -0.3 is 10.5 Å². The van der Waals surface area contributed by atoms with Gasteiger partial charge in [0.15, 0.2) is 0 Å². The number of anilines is 2. The van der Waals surface area contributed by atoms with Crippen LogP contribution in [0.5, 0.6) is 5.75 Å². The lowest BCUT2D eigenvalue weighted by Gasteiger charge is -2.13. The first-order chi connectivity index (χ1) is 11.0. The van der Waals surface area contributed by atoms with E-state index in [0.29, 0.717) is 11.4 Å². The number of methoxy groups -OCH3 is 1. The largest absolute Gasteiger partial charge is 0.497 e. The van der Waals surface area contributed by atoms with E-state index in [1.54, 1.807) is 18.2 Å². The average molecular weight is 328 g/mol. The fourth-order valence-corrected chi connectivity index (χ4v) is 3.61. The lowest BCUT2D eigenvalue weighted by atomic mass is 10.1. The Morgan fingerprint density at radius 2 is 1.74 bits per heavy atom. The molecule has 0 aliphatic heterocycles. The van der Waals surface area contributed by atoms with Crippen molar-refractivity contribution in [1.82, 2.24) is 0 Å². The number of hydrogen-bond acceptors (Lipinski definition) is 4. The first-order valence-electron chi connectivity index (χ1n) is 6.95. The lowest BCUT2D eigenvalue weighted by Crippen LogP contribution is -2.15. The van der Waals surface area contributed by atoms with E-state index < -0.39 is 10.0 Å². The van der Waals surface area contributed by atoms with Crippen molar-refractivity contribution in [3.8, 4) is 5.75 Å². The molecule has 0 aromatic heterocycles. The summed E-state index contributed by atoms with van der Waals surface area (Å²) < 4.78 is 32.9. The average Bonchev–Trinajstić information content (AvgIpc) is 2.54. The zero-order valence-corrected chi connectivity index (χ0v) is 13.3. The maximum atomic E-state index is 12.6. The molecule has 0 aliphatic rings. The maximum absolute atomic E-state index is 12.6. The molecule has 0 heterocycles. The van der Waals surface area contributed by atoms with Crippen molar-refractivity contribution >= 4 is 32.2 Å². The van der Waals surface area contributed by atoms with Crippen molar-refractivity contribution in [1.29, 1.82) is 0 Å². The Hall–Kier alpha value is -2.73. The highest BCUT2D eigenvalue weighted by molar-refractivity contribution is 7.93. The van der Waals surface area contributed by atoms with Gasteiger partial charge in [-0.25, -0.2) is 8.42 Å². The van der Waals surface area contributed by atoms with E-state index in [1.807, 2.05) is 30.3 Å². The molecule has 3 aromatic carbocycles. The Morgan fingerprint density at radius 1 is 1.00 bits per heavy atom.